The molecule has 2 aromatic heterocycles. The molecule has 2 saturated heterocycles. The maximum absolute atomic E-state index is 6.18. The fraction of sp³-hybridized carbons (Fsp3) is 0.300. The van der Waals surface area contributed by atoms with E-state index in [1.807, 2.05) is 70.0 Å². The Balaban J connectivity index is 1.21. The van der Waals surface area contributed by atoms with E-state index in [2.05, 4.69) is 31.1 Å². The van der Waals surface area contributed by atoms with Crippen LogP contribution in [-0.4, -0.2) is 65.8 Å². The van der Waals surface area contributed by atoms with E-state index in [1.54, 1.807) is 0 Å². The SMILES string of the molecule is c1ccc(Sc2nnnn2C2COC3C2OCC3n2nnnc2Sc2ccccc2)cc1. The normalized spacial score (nSPS) is 24.6. The van der Waals surface area contributed by atoms with Crippen molar-refractivity contribution in [1.82, 2.24) is 40.4 Å². The van der Waals surface area contributed by atoms with Gasteiger partial charge in [-0.3, -0.25) is 0 Å². The third-order valence-corrected chi connectivity index (χ3v) is 7.38. The molecule has 2 aliphatic rings. The van der Waals surface area contributed by atoms with Gasteiger partial charge in [-0.1, -0.05) is 36.4 Å². The molecule has 2 fully saturated rings. The van der Waals surface area contributed by atoms with Gasteiger partial charge in [0.1, 0.15) is 24.3 Å². The van der Waals surface area contributed by atoms with Crippen LogP contribution in [0.25, 0.3) is 0 Å². The van der Waals surface area contributed by atoms with Crippen molar-refractivity contribution in [3.8, 4) is 0 Å². The summed E-state index contributed by atoms with van der Waals surface area (Å²) in [6, 6.07) is 19.8. The zero-order valence-electron chi connectivity index (χ0n) is 16.7. The highest BCUT2D eigenvalue weighted by Gasteiger charge is 2.51. The maximum Gasteiger partial charge on any atom is 0.214 e. The molecule has 162 valence electrons. The van der Waals surface area contributed by atoms with Crippen LogP contribution in [0.1, 0.15) is 12.1 Å². The molecule has 0 bridgehead atoms. The highest BCUT2D eigenvalue weighted by atomic mass is 32.2. The largest absolute Gasteiger partial charge is 0.371 e. The predicted octanol–water partition coefficient (Wildman–Crippen LogP) is 2.54. The minimum Gasteiger partial charge on any atom is -0.371 e. The summed E-state index contributed by atoms with van der Waals surface area (Å²) in [4.78, 5) is 2.14. The van der Waals surface area contributed by atoms with Gasteiger partial charge in [-0.05, 0) is 68.6 Å². The smallest absolute Gasteiger partial charge is 0.214 e. The molecule has 10 nitrogen and oxygen atoms in total. The van der Waals surface area contributed by atoms with Crippen LogP contribution in [0.15, 0.2) is 80.8 Å². The van der Waals surface area contributed by atoms with Crippen LogP contribution < -0.4 is 0 Å². The predicted molar refractivity (Wildman–Crippen MR) is 114 cm³/mol. The summed E-state index contributed by atoms with van der Waals surface area (Å²) in [5.41, 5.74) is 0. The lowest BCUT2D eigenvalue weighted by molar-refractivity contribution is 0.0589. The second-order valence-electron chi connectivity index (χ2n) is 7.37. The highest BCUT2D eigenvalue weighted by molar-refractivity contribution is 7.99. The van der Waals surface area contributed by atoms with E-state index in [0.29, 0.717) is 23.5 Å². The fourth-order valence-electron chi connectivity index (χ4n) is 3.99. The van der Waals surface area contributed by atoms with E-state index in [1.165, 1.54) is 23.5 Å². The minimum atomic E-state index is -0.183. The van der Waals surface area contributed by atoms with Crippen molar-refractivity contribution < 1.29 is 9.47 Å². The van der Waals surface area contributed by atoms with Gasteiger partial charge >= 0.3 is 0 Å². The molecule has 4 unspecified atom stereocenters. The van der Waals surface area contributed by atoms with Crippen LogP contribution in [0.3, 0.4) is 0 Å². The van der Waals surface area contributed by atoms with Gasteiger partial charge in [0.25, 0.3) is 0 Å². The molecule has 32 heavy (non-hydrogen) atoms. The van der Waals surface area contributed by atoms with Gasteiger partial charge in [0.05, 0.1) is 13.2 Å². The van der Waals surface area contributed by atoms with Crippen LogP contribution in [0.4, 0.5) is 0 Å². The van der Waals surface area contributed by atoms with Gasteiger partial charge < -0.3 is 9.47 Å². The van der Waals surface area contributed by atoms with E-state index in [-0.39, 0.29) is 24.3 Å². The van der Waals surface area contributed by atoms with Gasteiger partial charge in [0, 0.05) is 9.79 Å². The average Bonchev–Trinajstić information content (AvgIpc) is 3.60. The van der Waals surface area contributed by atoms with Gasteiger partial charge in [0.15, 0.2) is 0 Å². The standard InChI is InChI=1S/C20H18N8O2S2/c1-3-7-13(8-4-1)31-19-21-23-25-27(19)15-11-29-18-16(12-30-17(15)18)28-20(22-24-26-28)32-14-9-5-2-6-10-14/h1-10,15-18H,11-12H2. The number of hydrogen-bond donors (Lipinski definition) is 0. The Bertz CT molecular complexity index is 1090. The van der Waals surface area contributed by atoms with Crippen LogP contribution in [0.5, 0.6) is 0 Å². The average molecular weight is 467 g/mol. The van der Waals surface area contributed by atoms with Crippen molar-refractivity contribution >= 4 is 23.5 Å². The number of hydrogen-bond acceptors (Lipinski definition) is 10. The maximum atomic E-state index is 6.18. The lowest BCUT2D eigenvalue weighted by Gasteiger charge is -2.17. The number of aromatic nitrogens is 8. The summed E-state index contributed by atoms with van der Waals surface area (Å²) < 4.78 is 16.0. The van der Waals surface area contributed by atoms with Gasteiger partial charge in [-0.15, -0.1) is 10.2 Å². The molecule has 0 spiro atoms. The molecule has 0 saturated carbocycles. The quantitative estimate of drug-likeness (QED) is 0.421. The summed E-state index contributed by atoms with van der Waals surface area (Å²) in [5.74, 6) is 0. The summed E-state index contributed by atoms with van der Waals surface area (Å²) in [6.45, 7) is 0.922. The first-order valence-electron chi connectivity index (χ1n) is 10.1. The number of benzene rings is 2. The molecule has 0 radical (unpaired) electrons. The molecule has 2 aliphatic heterocycles. The van der Waals surface area contributed by atoms with Crippen molar-refractivity contribution in [2.24, 2.45) is 0 Å². The van der Waals surface area contributed by atoms with Crippen molar-refractivity contribution in [3.05, 3.63) is 60.7 Å². The topological polar surface area (TPSA) is 106 Å². The lowest BCUT2D eigenvalue weighted by atomic mass is 10.1. The molecule has 2 aromatic carbocycles. The van der Waals surface area contributed by atoms with Crippen LogP contribution in [0, 0.1) is 0 Å². The second-order valence-corrected chi connectivity index (χ2v) is 9.45. The monoisotopic (exact) mass is 466 g/mol. The van der Waals surface area contributed by atoms with Crippen molar-refractivity contribution in [2.75, 3.05) is 13.2 Å². The highest BCUT2D eigenvalue weighted by Crippen LogP contribution is 2.41. The third kappa shape index (κ3) is 3.68. The Morgan fingerprint density at radius 1 is 0.656 bits per heavy atom. The summed E-state index contributed by atoms with van der Waals surface area (Å²) in [5, 5.41) is 26.1. The Morgan fingerprint density at radius 2 is 1.09 bits per heavy atom. The zero-order valence-corrected chi connectivity index (χ0v) is 18.3. The van der Waals surface area contributed by atoms with E-state index in [0.717, 1.165) is 9.79 Å². The molecule has 4 heterocycles. The van der Waals surface area contributed by atoms with Crippen molar-refractivity contribution in [1.29, 1.82) is 0 Å². The molecular formula is C20H18N8O2S2. The zero-order chi connectivity index (χ0) is 21.3. The van der Waals surface area contributed by atoms with E-state index in [4.69, 9.17) is 9.47 Å². The molecule has 12 heteroatoms. The van der Waals surface area contributed by atoms with Crippen molar-refractivity contribution in [2.45, 2.75) is 44.4 Å². The molecule has 0 N–H and O–H groups in total. The molecule has 0 aliphatic carbocycles. The van der Waals surface area contributed by atoms with Crippen LogP contribution in [0.2, 0.25) is 0 Å². The number of nitrogens with zero attached hydrogens (tertiary/aromatic N) is 8. The summed E-state index contributed by atoms with van der Waals surface area (Å²) >= 11 is 3.04. The van der Waals surface area contributed by atoms with Crippen LogP contribution in [-0.2, 0) is 9.47 Å². The third-order valence-electron chi connectivity index (χ3n) is 5.46. The van der Waals surface area contributed by atoms with Crippen molar-refractivity contribution in [3.63, 3.8) is 0 Å². The number of rotatable bonds is 6. The first-order chi connectivity index (χ1) is 15.9. The summed E-state index contributed by atoms with van der Waals surface area (Å²) in [7, 11) is 0. The van der Waals surface area contributed by atoms with Gasteiger partial charge in [0.2, 0.25) is 10.3 Å². The summed E-state index contributed by atoms with van der Waals surface area (Å²) in [6.07, 6.45) is -0.366. The first kappa shape index (κ1) is 19.9. The molecule has 4 atom stereocenters. The number of tetrazole rings is 2. The minimum absolute atomic E-state index is 0.118. The lowest BCUT2D eigenvalue weighted by Crippen LogP contribution is -2.30. The van der Waals surface area contributed by atoms with Crippen LogP contribution >= 0.6 is 23.5 Å². The fourth-order valence-corrected chi connectivity index (χ4v) is 5.68. The van der Waals surface area contributed by atoms with E-state index >= 15 is 0 Å². The number of fused-ring (bicyclic) bond motifs is 1. The Morgan fingerprint density at radius 3 is 1.53 bits per heavy atom. The number of ether oxygens (including phenoxy) is 2. The Hall–Kier alpha value is -2.80. The molecule has 6 rings (SSSR count). The first-order valence-corrected chi connectivity index (χ1v) is 11.7. The van der Waals surface area contributed by atoms with E-state index < -0.39 is 0 Å². The molecular weight excluding hydrogens is 448 g/mol. The van der Waals surface area contributed by atoms with E-state index in [9.17, 15) is 0 Å². The van der Waals surface area contributed by atoms with Gasteiger partial charge in [-0.2, -0.15) is 0 Å². The Kier molecular flexibility index (Phi) is 5.35. The Labute approximate surface area is 191 Å². The van der Waals surface area contributed by atoms with Gasteiger partial charge in [-0.25, -0.2) is 9.36 Å². The molecule has 0 amide bonds. The molecule has 4 aromatic rings. The second kappa shape index (κ2) is 8.62.